The van der Waals surface area contributed by atoms with Crippen LogP contribution in [0.3, 0.4) is 0 Å². The topological polar surface area (TPSA) is 54.4 Å². The van der Waals surface area contributed by atoms with Gasteiger partial charge >= 0.3 is 0 Å². The van der Waals surface area contributed by atoms with Crippen molar-refractivity contribution in [1.29, 1.82) is 0 Å². The molecule has 0 radical (unpaired) electrons. The van der Waals surface area contributed by atoms with Crippen molar-refractivity contribution < 1.29 is 13.0 Å². The molecule has 26 heavy (non-hydrogen) atoms. The first kappa shape index (κ1) is 26.3. The normalized spacial score (nSPS) is 14.5. The summed E-state index contributed by atoms with van der Waals surface area (Å²) in [5.74, 6) is 0. The van der Waals surface area contributed by atoms with E-state index >= 15 is 0 Å². The van der Waals surface area contributed by atoms with E-state index in [2.05, 4.69) is 19.6 Å². The summed E-state index contributed by atoms with van der Waals surface area (Å²) in [5.41, 5.74) is 0. The van der Waals surface area contributed by atoms with Crippen molar-refractivity contribution in [2.75, 3.05) is 0 Å². The summed E-state index contributed by atoms with van der Waals surface area (Å²) >= 11 is 4.63. The molecule has 0 fully saturated rings. The molecular formula is C21H44O3S2. The Hall–Kier alpha value is 0.260. The zero-order valence-electron chi connectivity index (χ0n) is 17.3. The molecule has 2 atom stereocenters. The first-order valence-electron chi connectivity index (χ1n) is 11.1. The predicted octanol–water partition coefficient (Wildman–Crippen LogP) is 7.21. The van der Waals surface area contributed by atoms with E-state index in [-0.39, 0.29) is 0 Å². The minimum atomic E-state index is -3.88. The maximum Gasteiger partial charge on any atom is 0.267 e. The van der Waals surface area contributed by atoms with E-state index in [0.717, 1.165) is 19.3 Å². The Morgan fingerprint density at radius 1 is 0.692 bits per heavy atom. The highest BCUT2D eigenvalue weighted by Crippen LogP contribution is 2.19. The third-order valence-electron chi connectivity index (χ3n) is 5.33. The van der Waals surface area contributed by atoms with Crippen molar-refractivity contribution in [3.05, 3.63) is 0 Å². The van der Waals surface area contributed by atoms with E-state index in [0.29, 0.717) is 18.1 Å². The number of unbranched alkanes of at least 4 members (excludes halogenated alkanes) is 11. The van der Waals surface area contributed by atoms with Gasteiger partial charge in [-0.25, -0.2) is 0 Å². The molecule has 0 aromatic rings. The monoisotopic (exact) mass is 408 g/mol. The number of thiol groups is 1. The smallest absolute Gasteiger partial charge is 0.267 e. The van der Waals surface area contributed by atoms with Gasteiger partial charge in [0.15, 0.2) is 0 Å². The van der Waals surface area contributed by atoms with Gasteiger partial charge in [-0.1, -0.05) is 97.3 Å². The molecule has 158 valence electrons. The van der Waals surface area contributed by atoms with Crippen LogP contribution >= 0.6 is 12.6 Å². The second-order valence-electron chi connectivity index (χ2n) is 7.81. The molecular weight excluding hydrogens is 364 g/mol. The number of rotatable bonds is 19. The summed E-state index contributed by atoms with van der Waals surface area (Å²) in [6.45, 7) is 4.07. The molecule has 0 aliphatic carbocycles. The van der Waals surface area contributed by atoms with E-state index in [4.69, 9.17) is 4.55 Å². The van der Waals surface area contributed by atoms with E-state index in [1.54, 1.807) is 0 Å². The molecule has 0 rings (SSSR count). The summed E-state index contributed by atoms with van der Waals surface area (Å²) in [7, 11) is -3.88. The third-order valence-corrected chi connectivity index (χ3v) is 7.26. The van der Waals surface area contributed by atoms with Crippen LogP contribution in [-0.4, -0.2) is 23.5 Å². The van der Waals surface area contributed by atoms with Crippen LogP contribution in [0.1, 0.15) is 123 Å². The maximum absolute atomic E-state index is 11.2. The summed E-state index contributed by atoms with van der Waals surface area (Å²) < 4.78 is 31.5. The van der Waals surface area contributed by atoms with Crippen LogP contribution in [-0.2, 0) is 10.1 Å². The Morgan fingerprint density at radius 3 is 1.54 bits per heavy atom. The van der Waals surface area contributed by atoms with E-state index in [1.165, 1.54) is 77.0 Å². The lowest BCUT2D eigenvalue weighted by molar-refractivity contribution is 0.453. The summed E-state index contributed by atoms with van der Waals surface area (Å²) in [5, 5.41) is -0.244. The Kier molecular flexibility index (Phi) is 17.5. The standard InChI is InChI=1S/C21H44O3S2/c1-3-5-6-7-8-9-10-11-12-13-14-15-17-20(25)18-16-19-21(4-2)26(22,23)24/h20-21,25H,3-19H2,1-2H3,(H,22,23,24). The SMILES string of the molecule is CCCCCCCCCCCCCCC(S)CCCC(CC)S(=O)(=O)O. The Morgan fingerprint density at radius 2 is 1.12 bits per heavy atom. The fourth-order valence-corrected chi connectivity index (χ4v) is 4.76. The highest BCUT2D eigenvalue weighted by Gasteiger charge is 2.20. The van der Waals surface area contributed by atoms with Gasteiger partial charge in [0, 0.05) is 5.25 Å². The van der Waals surface area contributed by atoms with E-state index in [1.807, 2.05) is 6.92 Å². The number of hydrogen-bond donors (Lipinski definition) is 2. The van der Waals surface area contributed by atoms with Crippen molar-refractivity contribution in [3.8, 4) is 0 Å². The predicted molar refractivity (Wildman–Crippen MR) is 118 cm³/mol. The van der Waals surface area contributed by atoms with Crippen LogP contribution < -0.4 is 0 Å². The molecule has 3 nitrogen and oxygen atoms in total. The largest absolute Gasteiger partial charge is 0.285 e. The Labute approximate surface area is 169 Å². The summed E-state index contributed by atoms with van der Waals surface area (Å²) in [6.07, 6.45) is 20.3. The fraction of sp³-hybridized carbons (Fsp3) is 1.00. The Bertz CT molecular complexity index is 396. The first-order chi connectivity index (χ1) is 12.4. The molecule has 0 aliphatic heterocycles. The van der Waals surface area contributed by atoms with Gasteiger partial charge in [-0.3, -0.25) is 4.55 Å². The van der Waals surface area contributed by atoms with Crippen LogP contribution in [0.25, 0.3) is 0 Å². The molecule has 5 heteroatoms. The fourth-order valence-electron chi connectivity index (χ4n) is 3.51. The molecule has 0 aromatic heterocycles. The maximum atomic E-state index is 11.2. The highest BCUT2D eigenvalue weighted by atomic mass is 32.2. The van der Waals surface area contributed by atoms with Gasteiger partial charge in [0.2, 0.25) is 0 Å². The van der Waals surface area contributed by atoms with Gasteiger partial charge in [0.25, 0.3) is 10.1 Å². The van der Waals surface area contributed by atoms with Crippen molar-refractivity contribution >= 4 is 22.7 Å². The van der Waals surface area contributed by atoms with Crippen LogP contribution in [0.4, 0.5) is 0 Å². The van der Waals surface area contributed by atoms with Gasteiger partial charge in [-0.05, 0) is 25.7 Å². The molecule has 0 aromatic carbocycles. The summed E-state index contributed by atoms with van der Waals surface area (Å²) in [4.78, 5) is 0. The second-order valence-corrected chi connectivity index (χ2v) is 10.2. The van der Waals surface area contributed by atoms with E-state index < -0.39 is 15.4 Å². The van der Waals surface area contributed by atoms with Gasteiger partial charge < -0.3 is 0 Å². The lowest BCUT2D eigenvalue weighted by Gasteiger charge is -2.14. The zero-order valence-corrected chi connectivity index (χ0v) is 19.0. The van der Waals surface area contributed by atoms with Crippen molar-refractivity contribution in [2.45, 2.75) is 134 Å². The molecule has 1 N–H and O–H groups in total. The molecule has 0 bridgehead atoms. The molecule has 0 saturated heterocycles. The lowest BCUT2D eigenvalue weighted by Crippen LogP contribution is -2.19. The van der Waals surface area contributed by atoms with Crippen molar-refractivity contribution in [3.63, 3.8) is 0 Å². The van der Waals surface area contributed by atoms with Crippen LogP contribution in [0, 0.1) is 0 Å². The average molecular weight is 409 g/mol. The van der Waals surface area contributed by atoms with Gasteiger partial charge in [-0.2, -0.15) is 21.0 Å². The van der Waals surface area contributed by atoms with Crippen LogP contribution in [0.5, 0.6) is 0 Å². The minimum absolute atomic E-state index is 0.358. The van der Waals surface area contributed by atoms with Crippen molar-refractivity contribution in [1.82, 2.24) is 0 Å². The van der Waals surface area contributed by atoms with Gasteiger partial charge in [0.05, 0.1) is 5.25 Å². The Balaban J connectivity index is 3.40. The molecule has 0 spiro atoms. The lowest BCUT2D eigenvalue weighted by atomic mass is 10.0. The molecule has 0 amide bonds. The third kappa shape index (κ3) is 16.4. The minimum Gasteiger partial charge on any atom is -0.285 e. The first-order valence-corrected chi connectivity index (χ1v) is 13.1. The molecule has 2 unspecified atom stereocenters. The van der Waals surface area contributed by atoms with Crippen LogP contribution in [0.15, 0.2) is 0 Å². The molecule has 0 heterocycles. The summed E-state index contributed by atoms with van der Waals surface area (Å²) in [6, 6.07) is 0. The van der Waals surface area contributed by atoms with Gasteiger partial charge in [0.1, 0.15) is 0 Å². The van der Waals surface area contributed by atoms with Crippen LogP contribution in [0.2, 0.25) is 0 Å². The highest BCUT2D eigenvalue weighted by molar-refractivity contribution is 7.86. The zero-order chi connectivity index (χ0) is 19.7. The average Bonchev–Trinajstić information content (AvgIpc) is 2.58. The van der Waals surface area contributed by atoms with E-state index in [9.17, 15) is 8.42 Å². The van der Waals surface area contributed by atoms with Gasteiger partial charge in [-0.15, -0.1) is 0 Å². The molecule has 0 saturated carbocycles. The molecule has 0 aliphatic rings. The van der Waals surface area contributed by atoms with Crippen molar-refractivity contribution in [2.24, 2.45) is 0 Å². The second kappa shape index (κ2) is 17.4. The quantitative estimate of drug-likeness (QED) is 0.135. The number of hydrogen-bond acceptors (Lipinski definition) is 3.